The zero-order valence-corrected chi connectivity index (χ0v) is 18.2. The van der Waals surface area contributed by atoms with Crippen LogP contribution in [-0.2, 0) is 5.75 Å². The Labute approximate surface area is 182 Å². The quantitative estimate of drug-likeness (QED) is 0.386. The number of rotatable bonds is 9. The second kappa shape index (κ2) is 12.7. The SMILES string of the molecule is CCCNCCNC(=O)c1ccc(SCc2cn3ccccc3n2)cc1.Cl.Cl. The first kappa shape index (κ1) is 24.3. The van der Waals surface area contributed by atoms with E-state index in [1.807, 2.05) is 53.1 Å². The molecule has 152 valence electrons. The van der Waals surface area contributed by atoms with Gasteiger partial charge in [0.05, 0.1) is 5.69 Å². The van der Waals surface area contributed by atoms with Gasteiger partial charge < -0.3 is 15.0 Å². The Morgan fingerprint density at radius 3 is 2.57 bits per heavy atom. The van der Waals surface area contributed by atoms with Gasteiger partial charge in [-0.3, -0.25) is 4.79 Å². The minimum absolute atomic E-state index is 0. The van der Waals surface area contributed by atoms with Crippen LogP contribution in [-0.4, -0.2) is 34.9 Å². The lowest BCUT2D eigenvalue weighted by molar-refractivity contribution is 0.0954. The highest BCUT2D eigenvalue weighted by atomic mass is 35.5. The van der Waals surface area contributed by atoms with Gasteiger partial charge in [-0.1, -0.05) is 13.0 Å². The third-order valence-electron chi connectivity index (χ3n) is 3.93. The van der Waals surface area contributed by atoms with Gasteiger partial charge in [-0.05, 0) is 49.4 Å². The van der Waals surface area contributed by atoms with E-state index >= 15 is 0 Å². The summed E-state index contributed by atoms with van der Waals surface area (Å²) >= 11 is 1.72. The normalized spacial score (nSPS) is 10.2. The van der Waals surface area contributed by atoms with Crippen LogP contribution in [0, 0.1) is 0 Å². The minimum atomic E-state index is -0.0276. The predicted octanol–water partition coefficient (Wildman–Crippen LogP) is 4.20. The Morgan fingerprint density at radius 2 is 1.86 bits per heavy atom. The first-order valence-corrected chi connectivity index (χ1v) is 9.89. The number of aromatic nitrogens is 2. The molecule has 1 aromatic carbocycles. The van der Waals surface area contributed by atoms with Crippen LogP contribution in [0.5, 0.6) is 0 Å². The van der Waals surface area contributed by atoms with Gasteiger partial charge in [0.15, 0.2) is 0 Å². The fraction of sp³-hybridized carbons (Fsp3) is 0.300. The van der Waals surface area contributed by atoms with Gasteiger partial charge in [0.2, 0.25) is 0 Å². The van der Waals surface area contributed by atoms with E-state index < -0.39 is 0 Å². The number of amides is 1. The second-order valence-corrected chi connectivity index (χ2v) is 7.07. The third-order valence-corrected chi connectivity index (χ3v) is 4.98. The summed E-state index contributed by atoms with van der Waals surface area (Å²) in [6.45, 7) is 4.55. The number of carbonyl (C=O) groups is 1. The van der Waals surface area contributed by atoms with Crippen molar-refractivity contribution in [3.8, 4) is 0 Å². The number of thioether (sulfide) groups is 1. The molecule has 2 N–H and O–H groups in total. The van der Waals surface area contributed by atoms with Crippen LogP contribution in [0.15, 0.2) is 59.8 Å². The molecule has 0 bridgehead atoms. The summed E-state index contributed by atoms with van der Waals surface area (Å²) in [5, 5.41) is 6.20. The van der Waals surface area contributed by atoms with E-state index in [0.717, 1.165) is 41.5 Å². The van der Waals surface area contributed by atoms with Crippen LogP contribution in [0.4, 0.5) is 0 Å². The van der Waals surface area contributed by atoms with Crippen LogP contribution in [0.2, 0.25) is 0 Å². The van der Waals surface area contributed by atoms with Gasteiger partial charge in [-0.15, -0.1) is 36.6 Å². The predicted molar refractivity (Wildman–Crippen MR) is 121 cm³/mol. The van der Waals surface area contributed by atoms with Crippen LogP contribution in [0.3, 0.4) is 0 Å². The molecule has 0 radical (unpaired) electrons. The molecule has 0 spiro atoms. The Hall–Kier alpha value is -1.73. The molecule has 2 heterocycles. The molecule has 0 aliphatic heterocycles. The van der Waals surface area contributed by atoms with Crippen molar-refractivity contribution in [3.05, 3.63) is 66.1 Å². The molecule has 1 amide bonds. The first-order chi connectivity index (χ1) is 12.8. The molecule has 0 atom stereocenters. The summed E-state index contributed by atoms with van der Waals surface area (Å²) in [7, 11) is 0. The van der Waals surface area contributed by atoms with E-state index in [4.69, 9.17) is 0 Å². The van der Waals surface area contributed by atoms with Gasteiger partial charge >= 0.3 is 0 Å². The Bertz CT molecular complexity index is 822. The third kappa shape index (κ3) is 7.02. The van der Waals surface area contributed by atoms with Crippen molar-refractivity contribution in [1.82, 2.24) is 20.0 Å². The lowest BCUT2D eigenvalue weighted by atomic mass is 10.2. The van der Waals surface area contributed by atoms with Gasteiger partial charge in [0.1, 0.15) is 5.65 Å². The lowest BCUT2D eigenvalue weighted by Crippen LogP contribution is -2.32. The van der Waals surface area contributed by atoms with E-state index in [1.54, 1.807) is 11.8 Å². The zero-order valence-electron chi connectivity index (χ0n) is 15.8. The highest BCUT2D eigenvalue weighted by Crippen LogP contribution is 2.23. The van der Waals surface area contributed by atoms with Crippen molar-refractivity contribution in [2.45, 2.75) is 24.0 Å². The number of halogens is 2. The maximum atomic E-state index is 12.1. The van der Waals surface area contributed by atoms with E-state index in [9.17, 15) is 4.79 Å². The average molecular weight is 441 g/mol. The summed E-state index contributed by atoms with van der Waals surface area (Å²) in [4.78, 5) is 17.8. The average Bonchev–Trinajstić information content (AvgIpc) is 3.09. The molecule has 28 heavy (non-hydrogen) atoms. The summed E-state index contributed by atoms with van der Waals surface area (Å²) < 4.78 is 2.03. The molecule has 0 aliphatic rings. The number of nitrogens with zero attached hydrogens (tertiary/aromatic N) is 2. The number of nitrogens with one attached hydrogen (secondary N) is 2. The number of carbonyl (C=O) groups excluding carboxylic acids is 1. The van der Waals surface area contributed by atoms with Crippen LogP contribution in [0.25, 0.3) is 5.65 Å². The van der Waals surface area contributed by atoms with Crippen molar-refractivity contribution >= 4 is 48.1 Å². The van der Waals surface area contributed by atoms with Crippen molar-refractivity contribution in [3.63, 3.8) is 0 Å². The molecule has 2 aromatic heterocycles. The fourth-order valence-electron chi connectivity index (χ4n) is 2.58. The van der Waals surface area contributed by atoms with Gasteiger partial charge in [-0.25, -0.2) is 4.98 Å². The van der Waals surface area contributed by atoms with Gasteiger partial charge in [0.25, 0.3) is 5.91 Å². The standard InChI is InChI=1S/C20H24N4OS.2ClH/c1-2-10-21-11-12-22-20(25)16-6-8-18(9-7-16)26-15-17-14-24-13-4-3-5-19(24)23-17;;/h3-9,13-14,21H,2,10-12,15H2,1H3,(H,22,25);2*1H. The van der Waals surface area contributed by atoms with Crippen molar-refractivity contribution in [2.24, 2.45) is 0 Å². The Balaban J connectivity index is 0.00000196. The molecular weight excluding hydrogens is 415 g/mol. The molecule has 0 fully saturated rings. The van der Waals surface area contributed by atoms with E-state index in [1.165, 1.54) is 0 Å². The van der Waals surface area contributed by atoms with E-state index in [0.29, 0.717) is 12.1 Å². The molecular formula is C20H26Cl2N4OS. The topological polar surface area (TPSA) is 58.4 Å². The molecule has 0 aliphatic carbocycles. The maximum absolute atomic E-state index is 12.1. The number of pyridine rings is 1. The Kier molecular flexibility index (Phi) is 11.0. The molecule has 0 unspecified atom stereocenters. The maximum Gasteiger partial charge on any atom is 0.251 e. The highest BCUT2D eigenvalue weighted by molar-refractivity contribution is 7.98. The van der Waals surface area contributed by atoms with Crippen LogP contribution >= 0.6 is 36.6 Å². The van der Waals surface area contributed by atoms with Crippen molar-refractivity contribution < 1.29 is 4.79 Å². The smallest absolute Gasteiger partial charge is 0.251 e. The fourth-order valence-corrected chi connectivity index (χ4v) is 3.37. The van der Waals surface area contributed by atoms with E-state index in [2.05, 4.69) is 28.7 Å². The highest BCUT2D eigenvalue weighted by Gasteiger charge is 2.06. The van der Waals surface area contributed by atoms with E-state index in [-0.39, 0.29) is 30.7 Å². The number of benzene rings is 1. The van der Waals surface area contributed by atoms with Crippen LogP contribution in [0.1, 0.15) is 29.4 Å². The zero-order chi connectivity index (χ0) is 18.2. The molecule has 0 saturated heterocycles. The second-order valence-electron chi connectivity index (χ2n) is 6.02. The molecule has 5 nitrogen and oxygen atoms in total. The molecule has 3 aromatic rings. The van der Waals surface area contributed by atoms with Crippen LogP contribution < -0.4 is 10.6 Å². The van der Waals surface area contributed by atoms with Gasteiger partial charge in [-0.2, -0.15) is 0 Å². The number of hydrogen-bond acceptors (Lipinski definition) is 4. The Morgan fingerprint density at radius 1 is 1.07 bits per heavy atom. The summed E-state index contributed by atoms with van der Waals surface area (Å²) in [6, 6.07) is 13.7. The largest absolute Gasteiger partial charge is 0.351 e. The molecule has 8 heteroatoms. The molecule has 3 rings (SSSR count). The summed E-state index contributed by atoms with van der Waals surface area (Å²) in [6.07, 6.45) is 5.15. The minimum Gasteiger partial charge on any atom is -0.351 e. The van der Waals surface area contributed by atoms with Crippen molar-refractivity contribution in [1.29, 1.82) is 0 Å². The number of fused-ring (bicyclic) bond motifs is 1. The monoisotopic (exact) mass is 440 g/mol. The summed E-state index contributed by atoms with van der Waals surface area (Å²) in [5.74, 6) is 0.774. The van der Waals surface area contributed by atoms with Gasteiger partial charge in [0, 0.05) is 41.7 Å². The van der Waals surface area contributed by atoms with Crippen molar-refractivity contribution in [2.75, 3.05) is 19.6 Å². The molecule has 0 saturated carbocycles. The summed E-state index contributed by atoms with van der Waals surface area (Å²) in [5.41, 5.74) is 2.70. The first-order valence-electron chi connectivity index (χ1n) is 8.90. The number of imidazole rings is 1. The number of hydrogen-bond donors (Lipinski definition) is 2. The lowest BCUT2D eigenvalue weighted by Gasteiger charge is -2.07.